The van der Waals surface area contributed by atoms with Gasteiger partial charge in [0.15, 0.2) is 0 Å². The van der Waals surface area contributed by atoms with Crippen molar-refractivity contribution in [1.82, 2.24) is 0 Å². The van der Waals surface area contributed by atoms with Crippen LogP contribution in [0.2, 0.25) is 0 Å². The predicted molar refractivity (Wildman–Crippen MR) is 77.9 cm³/mol. The summed E-state index contributed by atoms with van der Waals surface area (Å²) in [5.41, 5.74) is -0.903. The second-order valence-corrected chi connectivity index (χ2v) is 5.69. The molecule has 0 radical (unpaired) electrons. The molecule has 0 bridgehead atoms. The standard InChI is InChI=1S/C6HI3N2O4/c7-2-1-3(10(12)13)6(11(14)15)5(9)4(2)8/h1H. The molecule has 6 nitrogen and oxygen atoms in total. The smallest absolute Gasteiger partial charge is 0.258 e. The Balaban J connectivity index is 3.65. The molecule has 0 spiro atoms. The van der Waals surface area contributed by atoms with E-state index in [2.05, 4.69) is 0 Å². The van der Waals surface area contributed by atoms with Crippen LogP contribution in [0.1, 0.15) is 0 Å². The molecule has 1 aromatic rings. The van der Waals surface area contributed by atoms with Gasteiger partial charge in [0.25, 0.3) is 0 Å². The fraction of sp³-hybridized carbons (Fsp3) is 0. The minimum atomic E-state index is -0.738. The molecule has 0 aliphatic carbocycles. The summed E-state index contributed by atoms with van der Waals surface area (Å²) in [7, 11) is 0. The van der Waals surface area contributed by atoms with Crippen molar-refractivity contribution >= 4 is 79.1 Å². The molecule has 1 aromatic carbocycles. The maximum atomic E-state index is 10.7. The average molecular weight is 546 g/mol. The quantitative estimate of drug-likeness (QED) is 0.247. The Kier molecular flexibility index (Phi) is 4.45. The van der Waals surface area contributed by atoms with Crippen LogP contribution in [0.25, 0.3) is 0 Å². The Morgan fingerprint density at radius 1 is 1.00 bits per heavy atom. The van der Waals surface area contributed by atoms with E-state index in [1.165, 1.54) is 6.07 Å². The molecule has 0 atom stereocenters. The molecule has 0 saturated carbocycles. The molecule has 0 unspecified atom stereocenters. The van der Waals surface area contributed by atoms with Crippen LogP contribution in [0, 0.1) is 30.9 Å². The maximum absolute atomic E-state index is 10.7. The van der Waals surface area contributed by atoms with Crippen molar-refractivity contribution in [2.45, 2.75) is 0 Å². The molecule has 15 heavy (non-hydrogen) atoms. The molecule has 0 heterocycles. The molecule has 0 aliphatic rings. The molecular formula is C6HI3N2O4. The number of nitrogens with zero attached hydrogens (tertiary/aromatic N) is 2. The summed E-state index contributed by atoms with van der Waals surface area (Å²) in [6, 6.07) is 1.21. The first-order valence-electron chi connectivity index (χ1n) is 3.32. The van der Waals surface area contributed by atoms with Crippen LogP contribution in [-0.2, 0) is 0 Å². The summed E-state index contributed by atoms with van der Waals surface area (Å²) in [4.78, 5) is 19.9. The zero-order valence-corrected chi connectivity index (χ0v) is 13.2. The third-order valence-electron chi connectivity index (χ3n) is 1.50. The lowest BCUT2D eigenvalue weighted by Gasteiger charge is -2.02. The number of hydrogen-bond acceptors (Lipinski definition) is 4. The zero-order chi connectivity index (χ0) is 11.7. The first kappa shape index (κ1) is 13.3. The summed E-state index contributed by atoms with van der Waals surface area (Å²) >= 11 is 5.58. The van der Waals surface area contributed by atoms with Crippen molar-refractivity contribution in [2.24, 2.45) is 0 Å². The van der Waals surface area contributed by atoms with Crippen LogP contribution in [0.5, 0.6) is 0 Å². The van der Waals surface area contributed by atoms with Gasteiger partial charge in [-0.05, 0) is 67.8 Å². The van der Waals surface area contributed by atoms with Crippen LogP contribution in [-0.4, -0.2) is 9.85 Å². The van der Waals surface area contributed by atoms with Gasteiger partial charge < -0.3 is 0 Å². The summed E-state index contributed by atoms with van der Waals surface area (Å²) in [5.74, 6) is 0. The Bertz CT molecular complexity index is 462. The maximum Gasteiger partial charge on any atom is 0.360 e. The second-order valence-electron chi connectivity index (χ2n) is 2.37. The normalized spacial score (nSPS) is 10.1. The molecule has 0 fully saturated rings. The molecular weight excluding hydrogens is 545 g/mol. The van der Waals surface area contributed by atoms with Crippen molar-refractivity contribution in [3.05, 3.63) is 37.0 Å². The van der Waals surface area contributed by atoms with Gasteiger partial charge in [-0.1, -0.05) is 0 Å². The highest BCUT2D eigenvalue weighted by Crippen LogP contribution is 2.37. The molecule has 0 N–H and O–H groups in total. The lowest BCUT2D eigenvalue weighted by Crippen LogP contribution is -2.02. The van der Waals surface area contributed by atoms with E-state index in [0.717, 1.165) is 0 Å². The number of halogens is 3. The second kappa shape index (κ2) is 5.03. The van der Waals surface area contributed by atoms with Crippen molar-refractivity contribution < 1.29 is 9.85 Å². The number of nitro groups is 2. The van der Waals surface area contributed by atoms with Gasteiger partial charge in [-0.15, -0.1) is 0 Å². The Labute approximate surface area is 125 Å². The summed E-state index contributed by atoms with van der Waals surface area (Å²) < 4.78 is 1.60. The van der Waals surface area contributed by atoms with Crippen LogP contribution >= 0.6 is 67.8 Å². The third kappa shape index (κ3) is 2.66. The van der Waals surface area contributed by atoms with Crippen LogP contribution in [0.4, 0.5) is 11.4 Å². The zero-order valence-electron chi connectivity index (χ0n) is 6.74. The number of nitro benzene ring substituents is 2. The van der Waals surface area contributed by atoms with Gasteiger partial charge in [0, 0.05) is 13.2 Å². The Hall–Kier alpha value is 0.210. The van der Waals surface area contributed by atoms with Crippen molar-refractivity contribution in [1.29, 1.82) is 0 Å². The van der Waals surface area contributed by atoms with Gasteiger partial charge in [-0.3, -0.25) is 20.2 Å². The van der Waals surface area contributed by atoms with E-state index < -0.39 is 21.2 Å². The Morgan fingerprint density at radius 3 is 1.93 bits per heavy atom. The van der Waals surface area contributed by atoms with Crippen LogP contribution in [0.15, 0.2) is 6.07 Å². The minimum Gasteiger partial charge on any atom is -0.258 e. The average Bonchev–Trinajstić information content (AvgIpc) is 2.12. The first-order chi connectivity index (χ1) is 6.86. The molecule has 1 rings (SSSR count). The van der Waals surface area contributed by atoms with Crippen LogP contribution in [0.3, 0.4) is 0 Å². The van der Waals surface area contributed by atoms with Crippen molar-refractivity contribution in [3.63, 3.8) is 0 Å². The van der Waals surface area contributed by atoms with Gasteiger partial charge in [-0.25, -0.2) is 0 Å². The first-order valence-corrected chi connectivity index (χ1v) is 6.56. The Morgan fingerprint density at radius 2 is 1.53 bits per heavy atom. The summed E-state index contributed by atoms with van der Waals surface area (Å²) in [5, 5.41) is 21.3. The molecule has 0 saturated heterocycles. The highest BCUT2D eigenvalue weighted by Gasteiger charge is 2.30. The van der Waals surface area contributed by atoms with Crippen molar-refractivity contribution in [3.8, 4) is 0 Å². The lowest BCUT2D eigenvalue weighted by molar-refractivity contribution is -0.423. The predicted octanol–water partition coefficient (Wildman–Crippen LogP) is 3.32. The van der Waals surface area contributed by atoms with Crippen LogP contribution < -0.4 is 0 Å². The SMILES string of the molecule is O=[N+]([O-])c1cc(I)c(I)c(I)c1[N+](=O)[O-]. The number of benzene rings is 1. The summed E-state index contributed by atoms with van der Waals surface area (Å²) in [6.07, 6.45) is 0. The van der Waals surface area contributed by atoms with Gasteiger partial charge in [0.2, 0.25) is 0 Å². The highest BCUT2D eigenvalue weighted by atomic mass is 127. The van der Waals surface area contributed by atoms with E-state index in [1.54, 1.807) is 22.6 Å². The van der Waals surface area contributed by atoms with E-state index in [0.29, 0.717) is 10.7 Å². The molecule has 0 aliphatic heterocycles. The largest absolute Gasteiger partial charge is 0.360 e. The molecule has 0 aromatic heterocycles. The number of rotatable bonds is 2. The molecule has 9 heteroatoms. The number of hydrogen-bond donors (Lipinski definition) is 0. The monoisotopic (exact) mass is 546 g/mol. The lowest BCUT2D eigenvalue weighted by atomic mass is 10.3. The fourth-order valence-corrected chi connectivity index (χ4v) is 3.14. The fourth-order valence-electron chi connectivity index (χ4n) is 0.886. The van der Waals surface area contributed by atoms with E-state index in [-0.39, 0.29) is 0 Å². The summed E-state index contributed by atoms with van der Waals surface area (Å²) in [6.45, 7) is 0. The van der Waals surface area contributed by atoms with E-state index in [4.69, 9.17) is 0 Å². The van der Waals surface area contributed by atoms with Gasteiger partial charge >= 0.3 is 11.4 Å². The van der Waals surface area contributed by atoms with Gasteiger partial charge in [0.05, 0.1) is 9.85 Å². The molecule has 80 valence electrons. The van der Waals surface area contributed by atoms with E-state index in [1.807, 2.05) is 45.2 Å². The topological polar surface area (TPSA) is 86.3 Å². The third-order valence-corrected chi connectivity index (χ3v) is 6.58. The highest BCUT2D eigenvalue weighted by molar-refractivity contribution is 14.1. The van der Waals surface area contributed by atoms with Crippen molar-refractivity contribution in [2.75, 3.05) is 0 Å². The molecule has 0 amide bonds. The van der Waals surface area contributed by atoms with Gasteiger partial charge in [0.1, 0.15) is 3.57 Å². The van der Waals surface area contributed by atoms with E-state index >= 15 is 0 Å². The minimum absolute atomic E-state index is 0.303. The van der Waals surface area contributed by atoms with Gasteiger partial charge in [-0.2, -0.15) is 0 Å². The van der Waals surface area contributed by atoms with E-state index in [9.17, 15) is 20.2 Å².